The van der Waals surface area contributed by atoms with Crippen LogP contribution in [0.4, 0.5) is 0 Å². The van der Waals surface area contributed by atoms with Crippen LogP contribution in [0.5, 0.6) is 11.5 Å². The van der Waals surface area contributed by atoms with E-state index < -0.39 is 20.6 Å². The highest BCUT2D eigenvalue weighted by molar-refractivity contribution is 7.84. The van der Waals surface area contributed by atoms with Crippen LogP contribution in [0.15, 0.2) is 60.7 Å². The van der Waals surface area contributed by atoms with Gasteiger partial charge in [0.15, 0.2) is 5.78 Å². The maximum Gasteiger partial charge on any atom is 0.384 e. The molecule has 0 spiro atoms. The van der Waals surface area contributed by atoms with Gasteiger partial charge in [-0.15, -0.1) is 0 Å². The summed E-state index contributed by atoms with van der Waals surface area (Å²) in [7, 11) is -2.34. The first-order valence-corrected chi connectivity index (χ1v) is 12.0. The summed E-state index contributed by atoms with van der Waals surface area (Å²) < 4.78 is 59.1. The molecule has 0 radical (unpaired) electrons. The van der Waals surface area contributed by atoms with Crippen molar-refractivity contribution in [2.45, 2.75) is 0 Å². The lowest BCUT2D eigenvalue weighted by Gasteiger charge is -2.12. The number of hydrogen-bond acceptors (Lipinski definition) is 7. The lowest BCUT2D eigenvalue weighted by molar-refractivity contribution is -0.110. The van der Waals surface area contributed by atoms with Crippen LogP contribution in [0.3, 0.4) is 0 Å². The smallest absolute Gasteiger partial charge is 0.371 e. The van der Waals surface area contributed by atoms with Crippen LogP contribution in [0.2, 0.25) is 0 Å². The molecule has 0 aliphatic heterocycles. The highest BCUT2D eigenvalue weighted by Gasteiger charge is 2.16. The molecule has 0 heterocycles. The van der Waals surface area contributed by atoms with E-state index in [-0.39, 0.29) is 17.3 Å². The van der Waals surface area contributed by atoms with Gasteiger partial charge >= 0.3 is 20.6 Å². The Morgan fingerprint density at radius 3 is 1.44 bits per heavy atom. The molecule has 9 nitrogen and oxygen atoms in total. The average Bonchev–Trinajstić information content (AvgIpc) is 2.70. The Kier molecular flexibility index (Phi) is 8.33. The van der Waals surface area contributed by atoms with Crippen LogP contribution in [0.25, 0.3) is 12.2 Å². The molecule has 2 aromatic carbocycles. The Hall–Kier alpha value is -2.99. The molecular weight excluding hydrogens is 456 g/mol. The topological polar surface area (TPSA) is 110 Å². The number of carbonyl (C=O) groups excluding carboxylic acids is 1. The molecule has 2 aromatic rings. The van der Waals surface area contributed by atoms with Crippen LogP contribution >= 0.6 is 0 Å². The second kappa shape index (κ2) is 10.6. The van der Waals surface area contributed by atoms with Gasteiger partial charge in [-0.25, -0.2) is 0 Å². The number of allylic oxidation sites excluding steroid dienone is 2. The fourth-order valence-corrected chi connectivity index (χ4v) is 3.14. The molecule has 11 heteroatoms. The van der Waals surface area contributed by atoms with Crippen molar-refractivity contribution in [3.8, 4) is 11.5 Å². The maximum atomic E-state index is 12.2. The molecule has 0 saturated heterocycles. The molecule has 0 unspecified atom stereocenters. The fourth-order valence-electron chi connectivity index (χ4n) is 2.14. The van der Waals surface area contributed by atoms with E-state index in [1.165, 1.54) is 76.8 Å². The molecule has 0 atom stereocenters. The fraction of sp³-hybridized carbons (Fsp3) is 0.190. The van der Waals surface area contributed by atoms with Gasteiger partial charge < -0.3 is 8.37 Å². The van der Waals surface area contributed by atoms with Crippen molar-refractivity contribution in [2.24, 2.45) is 0 Å². The van der Waals surface area contributed by atoms with Gasteiger partial charge in [-0.1, -0.05) is 36.4 Å². The predicted octanol–water partition coefficient (Wildman–Crippen LogP) is 2.35. The molecule has 0 saturated carbocycles. The molecular formula is C21H24N2O7S2. The van der Waals surface area contributed by atoms with Gasteiger partial charge in [-0.05, 0) is 47.5 Å². The summed E-state index contributed by atoms with van der Waals surface area (Å²) in [6, 6.07) is 12.5. The van der Waals surface area contributed by atoms with Gasteiger partial charge in [-0.2, -0.15) is 25.4 Å². The molecule has 0 N–H and O–H groups in total. The van der Waals surface area contributed by atoms with E-state index in [0.717, 1.165) is 8.61 Å². The number of nitrogens with zero attached hydrogens (tertiary/aromatic N) is 2. The Morgan fingerprint density at radius 1 is 0.719 bits per heavy atom. The summed E-state index contributed by atoms with van der Waals surface area (Å²) >= 11 is 0. The third-order valence-corrected chi connectivity index (χ3v) is 6.49. The van der Waals surface area contributed by atoms with E-state index in [2.05, 4.69) is 0 Å². The molecule has 0 aliphatic rings. The van der Waals surface area contributed by atoms with Crippen molar-refractivity contribution >= 4 is 38.5 Å². The van der Waals surface area contributed by atoms with Crippen LogP contribution in [0.1, 0.15) is 11.1 Å². The minimum Gasteiger partial charge on any atom is -0.371 e. The Labute approximate surface area is 188 Å². The molecule has 0 amide bonds. The second-order valence-electron chi connectivity index (χ2n) is 6.86. The van der Waals surface area contributed by atoms with E-state index in [0.29, 0.717) is 11.1 Å². The Bertz CT molecular complexity index is 1140. The summed E-state index contributed by atoms with van der Waals surface area (Å²) in [6.07, 6.45) is 5.66. The number of rotatable bonds is 10. The third-order valence-electron chi connectivity index (χ3n) is 3.89. The molecule has 0 fully saturated rings. The standard InChI is InChI=1S/C21H24N2O7S2/c1-22(2)31(25,26)29-20-9-5-7-17(15-20)11-13-19(24)14-12-18-8-6-10-21(16-18)30-32(27,28)23(3)4/h5-16H,1-4H3/b13-11+,14-12+. The van der Waals surface area contributed by atoms with Gasteiger partial charge in [0.2, 0.25) is 0 Å². The summed E-state index contributed by atoms with van der Waals surface area (Å²) in [5.41, 5.74) is 1.14. The molecule has 2 rings (SSSR count). The van der Waals surface area contributed by atoms with E-state index in [1.54, 1.807) is 24.3 Å². The molecule has 0 bridgehead atoms. The van der Waals surface area contributed by atoms with E-state index in [4.69, 9.17) is 8.37 Å². The summed E-state index contributed by atoms with van der Waals surface area (Å²) in [5.74, 6) is -0.0915. The van der Waals surface area contributed by atoms with Gasteiger partial charge in [0.05, 0.1) is 0 Å². The van der Waals surface area contributed by atoms with E-state index in [9.17, 15) is 21.6 Å². The number of ketones is 1. The first-order chi connectivity index (χ1) is 14.9. The summed E-state index contributed by atoms with van der Waals surface area (Å²) in [5, 5.41) is 0. The Morgan fingerprint density at radius 2 is 1.09 bits per heavy atom. The van der Waals surface area contributed by atoms with Crippen molar-refractivity contribution in [3.63, 3.8) is 0 Å². The molecule has 172 valence electrons. The van der Waals surface area contributed by atoms with Crippen molar-refractivity contribution < 1.29 is 30.0 Å². The normalized spacial score (nSPS) is 12.7. The molecule has 32 heavy (non-hydrogen) atoms. The number of carbonyl (C=O) groups is 1. The molecule has 0 aliphatic carbocycles. The van der Waals surface area contributed by atoms with Crippen LogP contribution in [-0.4, -0.2) is 59.4 Å². The van der Waals surface area contributed by atoms with Gasteiger partial charge in [0.1, 0.15) is 11.5 Å². The zero-order chi connectivity index (χ0) is 23.9. The first-order valence-electron chi connectivity index (χ1n) is 9.23. The highest BCUT2D eigenvalue weighted by atomic mass is 32.2. The monoisotopic (exact) mass is 480 g/mol. The van der Waals surface area contributed by atoms with Crippen LogP contribution in [-0.2, 0) is 25.4 Å². The predicted molar refractivity (Wildman–Crippen MR) is 122 cm³/mol. The molecule has 0 aromatic heterocycles. The van der Waals surface area contributed by atoms with E-state index >= 15 is 0 Å². The van der Waals surface area contributed by atoms with Crippen molar-refractivity contribution in [1.82, 2.24) is 8.61 Å². The average molecular weight is 481 g/mol. The summed E-state index contributed by atoms with van der Waals surface area (Å²) in [6.45, 7) is 0. The van der Waals surface area contributed by atoms with Gasteiger partial charge in [0, 0.05) is 28.2 Å². The zero-order valence-electron chi connectivity index (χ0n) is 18.0. The maximum absolute atomic E-state index is 12.2. The van der Waals surface area contributed by atoms with Gasteiger partial charge in [-0.3, -0.25) is 4.79 Å². The Balaban J connectivity index is 2.07. The zero-order valence-corrected chi connectivity index (χ0v) is 19.6. The van der Waals surface area contributed by atoms with Gasteiger partial charge in [0.25, 0.3) is 0 Å². The first kappa shape index (κ1) is 25.3. The lowest BCUT2D eigenvalue weighted by Crippen LogP contribution is -2.27. The number of hydrogen-bond donors (Lipinski definition) is 0. The summed E-state index contributed by atoms with van der Waals surface area (Å²) in [4.78, 5) is 12.2. The van der Waals surface area contributed by atoms with Crippen LogP contribution in [0, 0.1) is 0 Å². The number of benzene rings is 2. The largest absolute Gasteiger partial charge is 0.384 e. The SMILES string of the molecule is CN(C)S(=O)(=O)Oc1cccc(/C=C/C(=O)/C=C/c2cccc(OS(=O)(=O)N(C)C)c2)c1. The lowest BCUT2D eigenvalue weighted by atomic mass is 10.1. The minimum atomic E-state index is -3.88. The van der Waals surface area contributed by atoms with Crippen molar-refractivity contribution in [1.29, 1.82) is 0 Å². The third kappa shape index (κ3) is 7.61. The quantitative estimate of drug-likeness (QED) is 0.480. The van der Waals surface area contributed by atoms with Crippen molar-refractivity contribution in [2.75, 3.05) is 28.2 Å². The minimum absolute atomic E-state index is 0.119. The van der Waals surface area contributed by atoms with Crippen molar-refractivity contribution in [3.05, 3.63) is 71.8 Å². The van der Waals surface area contributed by atoms with E-state index in [1.807, 2.05) is 0 Å². The second-order valence-corrected chi connectivity index (χ2v) is 10.4. The van der Waals surface area contributed by atoms with Crippen LogP contribution < -0.4 is 8.37 Å². The highest BCUT2D eigenvalue weighted by Crippen LogP contribution is 2.18.